The molecule has 0 aliphatic rings. The first kappa shape index (κ1) is 16.8. The van der Waals surface area contributed by atoms with Crippen LogP contribution in [0.4, 0.5) is 4.39 Å². The van der Waals surface area contributed by atoms with Crippen LogP contribution in [0.15, 0.2) is 34.2 Å². The van der Waals surface area contributed by atoms with Crippen LogP contribution in [0, 0.1) is 5.82 Å². The molecule has 0 amide bonds. The summed E-state index contributed by atoms with van der Waals surface area (Å²) in [5.41, 5.74) is -0.712. The van der Waals surface area contributed by atoms with Crippen molar-refractivity contribution >= 4 is 31.9 Å². The molecule has 1 atom stereocenters. The van der Waals surface area contributed by atoms with Gasteiger partial charge in [-0.2, -0.15) is 0 Å². The lowest BCUT2D eigenvalue weighted by atomic mass is 10.2. The molecule has 0 bridgehead atoms. The number of carbonyl (C=O) groups is 1. The Kier molecular flexibility index (Phi) is 5.43. The van der Waals surface area contributed by atoms with Crippen LogP contribution in [-0.4, -0.2) is 25.5 Å². The highest BCUT2D eigenvalue weighted by Gasteiger charge is 2.26. The Morgan fingerprint density at radius 1 is 1.60 bits per heavy atom. The molecular formula is C12H13BrFNO4S. The Hall–Kier alpha value is -1.25. The molecule has 1 unspecified atom stereocenters. The average Bonchev–Trinajstić information content (AvgIpc) is 2.30. The van der Waals surface area contributed by atoms with Crippen LogP contribution in [0.2, 0.25) is 0 Å². The molecule has 0 saturated carbocycles. The third kappa shape index (κ3) is 3.87. The molecule has 0 heterocycles. The van der Waals surface area contributed by atoms with E-state index in [1.807, 2.05) is 0 Å². The summed E-state index contributed by atoms with van der Waals surface area (Å²) in [6.45, 7) is 5.07. The molecule has 2 N–H and O–H groups in total. The van der Waals surface area contributed by atoms with E-state index in [1.54, 1.807) is 6.92 Å². The lowest BCUT2D eigenvalue weighted by Crippen LogP contribution is -2.33. The maximum atomic E-state index is 14.0. The second kappa shape index (κ2) is 6.47. The highest BCUT2D eigenvalue weighted by atomic mass is 79.9. The third-order valence-electron chi connectivity index (χ3n) is 2.40. The van der Waals surface area contributed by atoms with Crippen LogP contribution in [0.1, 0.15) is 23.7 Å². The van der Waals surface area contributed by atoms with E-state index in [1.165, 1.54) is 6.08 Å². The predicted octanol–water partition coefficient (Wildman–Crippen LogP) is 2.53. The van der Waals surface area contributed by atoms with Crippen LogP contribution >= 0.6 is 15.9 Å². The van der Waals surface area contributed by atoms with Crippen molar-refractivity contribution in [2.24, 2.45) is 0 Å². The fourth-order valence-corrected chi connectivity index (χ4v) is 3.53. The van der Waals surface area contributed by atoms with Gasteiger partial charge in [0.1, 0.15) is 4.90 Å². The summed E-state index contributed by atoms with van der Waals surface area (Å²) in [4.78, 5) is 10.2. The van der Waals surface area contributed by atoms with Crippen molar-refractivity contribution in [3.8, 4) is 0 Å². The third-order valence-corrected chi connectivity index (χ3v) is 4.45. The van der Waals surface area contributed by atoms with Crippen molar-refractivity contribution in [1.82, 2.24) is 4.72 Å². The molecule has 0 radical (unpaired) electrons. The van der Waals surface area contributed by atoms with Gasteiger partial charge >= 0.3 is 5.97 Å². The summed E-state index contributed by atoms with van der Waals surface area (Å²) in [6, 6.07) is 1.54. The van der Waals surface area contributed by atoms with E-state index in [2.05, 4.69) is 27.2 Å². The van der Waals surface area contributed by atoms with Gasteiger partial charge in [0.25, 0.3) is 0 Å². The van der Waals surface area contributed by atoms with Crippen molar-refractivity contribution in [3.05, 3.63) is 40.6 Å². The van der Waals surface area contributed by atoms with E-state index in [4.69, 9.17) is 5.11 Å². The lowest BCUT2D eigenvalue weighted by molar-refractivity contribution is 0.0691. The Balaban J connectivity index is 3.31. The van der Waals surface area contributed by atoms with Crippen LogP contribution in [0.5, 0.6) is 0 Å². The Labute approximate surface area is 124 Å². The number of sulfonamides is 1. The van der Waals surface area contributed by atoms with E-state index < -0.39 is 38.3 Å². The van der Waals surface area contributed by atoms with Gasteiger partial charge in [0.15, 0.2) is 5.82 Å². The second-order valence-corrected chi connectivity index (χ2v) is 6.72. The number of hydrogen-bond donors (Lipinski definition) is 2. The van der Waals surface area contributed by atoms with Gasteiger partial charge in [-0.3, -0.25) is 0 Å². The molecule has 0 aromatic heterocycles. The number of halogens is 2. The summed E-state index contributed by atoms with van der Waals surface area (Å²) in [5.74, 6) is -2.83. The number of aromatic carboxylic acids is 1. The Bertz CT molecular complexity index is 645. The molecular weight excluding hydrogens is 353 g/mol. The van der Waals surface area contributed by atoms with E-state index >= 15 is 0 Å². The van der Waals surface area contributed by atoms with E-state index in [0.29, 0.717) is 6.42 Å². The number of hydrogen-bond acceptors (Lipinski definition) is 3. The zero-order valence-corrected chi connectivity index (χ0v) is 13.0. The first-order valence-electron chi connectivity index (χ1n) is 5.54. The smallest absolute Gasteiger partial charge is 0.338 e. The van der Waals surface area contributed by atoms with Crippen molar-refractivity contribution in [2.75, 3.05) is 0 Å². The molecule has 1 rings (SSSR count). The van der Waals surface area contributed by atoms with Gasteiger partial charge in [0, 0.05) is 10.5 Å². The SMILES string of the molecule is C=CCC(C)NS(=O)(=O)c1cc(Br)cc(C(=O)O)c1F. The summed E-state index contributed by atoms with van der Waals surface area (Å²) >= 11 is 2.97. The molecule has 0 aliphatic carbocycles. The highest BCUT2D eigenvalue weighted by molar-refractivity contribution is 9.10. The fraction of sp³-hybridized carbons (Fsp3) is 0.250. The number of benzene rings is 1. The highest BCUT2D eigenvalue weighted by Crippen LogP contribution is 2.24. The van der Waals surface area contributed by atoms with Crippen molar-refractivity contribution in [2.45, 2.75) is 24.3 Å². The normalized spacial score (nSPS) is 12.9. The number of carboxylic acid groups (broad SMARTS) is 1. The molecule has 0 aliphatic heterocycles. The van der Waals surface area contributed by atoms with Crippen LogP contribution in [-0.2, 0) is 10.0 Å². The monoisotopic (exact) mass is 365 g/mol. The van der Waals surface area contributed by atoms with Crippen molar-refractivity contribution in [1.29, 1.82) is 0 Å². The zero-order chi connectivity index (χ0) is 15.5. The summed E-state index contributed by atoms with van der Waals surface area (Å²) in [6.07, 6.45) is 1.88. The molecule has 20 heavy (non-hydrogen) atoms. The first-order chi connectivity index (χ1) is 9.19. The van der Waals surface area contributed by atoms with Gasteiger partial charge < -0.3 is 5.11 Å². The minimum atomic E-state index is -4.16. The molecule has 110 valence electrons. The predicted molar refractivity (Wildman–Crippen MR) is 75.7 cm³/mol. The van der Waals surface area contributed by atoms with Gasteiger partial charge in [-0.05, 0) is 25.5 Å². The fourth-order valence-electron chi connectivity index (χ4n) is 1.54. The number of carboxylic acids is 1. The number of nitrogens with one attached hydrogen (secondary N) is 1. The molecule has 0 spiro atoms. The summed E-state index contributed by atoms with van der Waals surface area (Å²) in [5, 5.41) is 8.86. The molecule has 1 aromatic rings. The Morgan fingerprint density at radius 3 is 2.70 bits per heavy atom. The minimum absolute atomic E-state index is 0.160. The molecule has 0 saturated heterocycles. The van der Waals surface area contributed by atoms with E-state index in [0.717, 1.165) is 12.1 Å². The number of rotatable bonds is 6. The largest absolute Gasteiger partial charge is 0.478 e. The van der Waals surface area contributed by atoms with E-state index in [-0.39, 0.29) is 4.47 Å². The topological polar surface area (TPSA) is 83.5 Å². The zero-order valence-electron chi connectivity index (χ0n) is 10.6. The maximum absolute atomic E-state index is 14.0. The standard InChI is InChI=1S/C12H13BrFNO4S/c1-3-4-7(2)15-20(18,19)10-6-8(13)5-9(11(10)14)12(16)17/h3,5-7,15H,1,4H2,2H3,(H,16,17). The molecule has 0 fully saturated rings. The minimum Gasteiger partial charge on any atom is -0.478 e. The summed E-state index contributed by atoms with van der Waals surface area (Å²) in [7, 11) is -4.16. The first-order valence-corrected chi connectivity index (χ1v) is 7.82. The second-order valence-electron chi connectivity index (χ2n) is 4.12. The van der Waals surface area contributed by atoms with E-state index in [9.17, 15) is 17.6 Å². The lowest BCUT2D eigenvalue weighted by Gasteiger charge is -2.14. The van der Waals surface area contributed by atoms with Gasteiger partial charge in [0.2, 0.25) is 10.0 Å². The van der Waals surface area contributed by atoms with Crippen molar-refractivity contribution in [3.63, 3.8) is 0 Å². The van der Waals surface area contributed by atoms with Crippen LogP contribution < -0.4 is 4.72 Å². The van der Waals surface area contributed by atoms with Crippen molar-refractivity contribution < 1.29 is 22.7 Å². The summed E-state index contributed by atoms with van der Waals surface area (Å²) < 4.78 is 40.5. The van der Waals surface area contributed by atoms with Crippen LogP contribution in [0.3, 0.4) is 0 Å². The van der Waals surface area contributed by atoms with Crippen LogP contribution in [0.25, 0.3) is 0 Å². The van der Waals surface area contributed by atoms with Gasteiger partial charge in [0.05, 0.1) is 5.56 Å². The molecule has 1 aromatic carbocycles. The van der Waals surface area contributed by atoms with Gasteiger partial charge in [-0.1, -0.05) is 22.0 Å². The Morgan fingerprint density at radius 2 is 2.20 bits per heavy atom. The molecule has 5 nitrogen and oxygen atoms in total. The molecule has 8 heteroatoms. The van der Waals surface area contributed by atoms with Gasteiger partial charge in [-0.15, -0.1) is 6.58 Å². The average molecular weight is 366 g/mol. The maximum Gasteiger partial charge on any atom is 0.338 e. The quantitative estimate of drug-likeness (QED) is 0.758. The van der Waals surface area contributed by atoms with Gasteiger partial charge in [-0.25, -0.2) is 22.3 Å².